The number of hydrogen-bond donors (Lipinski definition) is 2. The molecule has 1 fully saturated rings. The first-order valence-corrected chi connectivity index (χ1v) is 8.83. The van der Waals surface area contributed by atoms with Gasteiger partial charge in [-0.05, 0) is 43.2 Å². The van der Waals surface area contributed by atoms with Gasteiger partial charge in [0.05, 0.1) is 12.8 Å². The van der Waals surface area contributed by atoms with Crippen molar-refractivity contribution in [1.82, 2.24) is 15.1 Å². The van der Waals surface area contributed by atoms with Crippen LogP contribution in [0.1, 0.15) is 42.6 Å². The molecule has 0 spiro atoms. The number of rotatable bonds is 5. The molecular weight excluding hydrogens is 318 g/mol. The van der Waals surface area contributed by atoms with Gasteiger partial charge in [-0.25, -0.2) is 4.68 Å². The van der Waals surface area contributed by atoms with Crippen LogP contribution in [0.5, 0.6) is 5.75 Å². The molecule has 1 aromatic carbocycles. The van der Waals surface area contributed by atoms with Crippen molar-refractivity contribution in [3.63, 3.8) is 0 Å². The molecule has 0 radical (unpaired) electrons. The standard InChI is InChI=1S/C19H25N3O3/c1-25-16-9-7-15(8-10-16)22-12-11-18(21-22)19(24)20-17-6-4-2-3-5-14(17)13-23/h7-12,14,17,23H,2-6,13H2,1H3,(H,20,24). The molecule has 2 unspecified atom stereocenters. The van der Waals surface area contributed by atoms with Crippen LogP contribution in [0.2, 0.25) is 0 Å². The van der Waals surface area contributed by atoms with Crippen molar-refractivity contribution in [1.29, 1.82) is 0 Å². The Morgan fingerprint density at radius 3 is 2.72 bits per heavy atom. The van der Waals surface area contributed by atoms with E-state index in [4.69, 9.17) is 4.74 Å². The minimum Gasteiger partial charge on any atom is -0.497 e. The van der Waals surface area contributed by atoms with Crippen LogP contribution in [0.15, 0.2) is 36.5 Å². The number of amides is 1. The Balaban J connectivity index is 1.69. The van der Waals surface area contributed by atoms with Gasteiger partial charge in [-0.2, -0.15) is 5.10 Å². The predicted molar refractivity (Wildman–Crippen MR) is 95.0 cm³/mol. The Labute approximate surface area is 147 Å². The molecule has 0 bridgehead atoms. The molecule has 134 valence electrons. The molecule has 1 aliphatic rings. The first-order valence-electron chi connectivity index (χ1n) is 8.83. The number of hydrogen-bond acceptors (Lipinski definition) is 4. The molecule has 1 aromatic heterocycles. The van der Waals surface area contributed by atoms with Gasteiger partial charge < -0.3 is 15.2 Å². The normalized spacial score (nSPS) is 20.7. The number of aromatic nitrogens is 2. The number of methoxy groups -OCH3 is 1. The molecule has 2 N–H and O–H groups in total. The SMILES string of the molecule is COc1ccc(-n2ccc(C(=O)NC3CCCCCC3CO)n2)cc1. The molecule has 1 aliphatic carbocycles. The highest BCUT2D eigenvalue weighted by atomic mass is 16.5. The maximum Gasteiger partial charge on any atom is 0.272 e. The van der Waals surface area contributed by atoms with E-state index in [1.165, 1.54) is 0 Å². The molecule has 1 saturated carbocycles. The fourth-order valence-corrected chi connectivity index (χ4v) is 3.36. The molecule has 6 heteroatoms. The molecule has 0 saturated heterocycles. The zero-order valence-electron chi connectivity index (χ0n) is 14.5. The summed E-state index contributed by atoms with van der Waals surface area (Å²) in [5.74, 6) is 0.727. The van der Waals surface area contributed by atoms with Crippen molar-refractivity contribution < 1.29 is 14.6 Å². The van der Waals surface area contributed by atoms with E-state index in [2.05, 4.69) is 10.4 Å². The van der Waals surface area contributed by atoms with E-state index < -0.39 is 0 Å². The van der Waals surface area contributed by atoms with Crippen LogP contribution in [0, 0.1) is 5.92 Å². The van der Waals surface area contributed by atoms with Crippen LogP contribution in [0.25, 0.3) is 5.69 Å². The van der Waals surface area contributed by atoms with Crippen molar-refractivity contribution >= 4 is 5.91 Å². The topological polar surface area (TPSA) is 76.4 Å². The van der Waals surface area contributed by atoms with Gasteiger partial charge in [-0.15, -0.1) is 0 Å². The number of benzene rings is 1. The second-order valence-electron chi connectivity index (χ2n) is 6.50. The zero-order chi connectivity index (χ0) is 17.6. The average molecular weight is 343 g/mol. The van der Waals surface area contributed by atoms with Gasteiger partial charge >= 0.3 is 0 Å². The molecule has 2 aromatic rings. The summed E-state index contributed by atoms with van der Waals surface area (Å²) in [4.78, 5) is 12.5. The predicted octanol–water partition coefficient (Wildman–Crippen LogP) is 2.55. The van der Waals surface area contributed by atoms with Gasteiger partial charge in [0.2, 0.25) is 0 Å². The molecule has 25 heavy (non-hydrogen) atoms. The molecule has 6 nitrogen and oxygen atoms in total. The third-order valence-electron chi connectivity index (χ3n) is 4.87. The van der Waals surface area contributed by atoms with Gasteiger partial charge in [-0.1, -0.05) is 19.3 Å². The number of nitrogens with one attached hydrogen (secondary N) is 1. The number of aliphatic hydroxyl groups is 1. The Morgan fingerprint density at radius 2 is 2.00 bits per heavy atom. The van der Waals surface area contributed by atoms with E-state index in [1.54, 1.807) is 24.1 Å². The van der Waals surface area contributed by atoms with E-state index in [0.717, 1.165) is 43.5 Å². The number of carbonyl (C=O) groups is 1. The van der Waals surface area contributed by atoms with Crippen molar-refractivity contribution in [3.8, 4) is 11.4 Å². The van der Waals surface area contributed by atoms with E-state index in [9.17, 15) is 9.90 Å². The largest absolute Gasteiger partial charge is 0.497 e. The maximum absolute atomic E-state index is 12.5. The summed E-state index contributed by atoms with van der Waals surface area (Å²) >= 11 is 0. The minimum atomic E-state index is -0.183. The Kier molecular flexibility index (Phi) is 5.71. The molecule has 3 rings (SSSR count). The first kappa shape index (κ1) is 17.5. The van der Waals surface area contributed by atoms with Crippen molar-refractivity contribution in [3.05, 3.63) is 42.2 Å². The summed E-state index contributed by atoms with van der Waals surface area (Å²) in [6.45, 7) is 0.116. The molecule has 1 amide bonds. The third-order valence-corrected chi connectivity index (χ3v) is 4.87. The summed E-state index contributed by atoms with van der Waals surface area (Å²) in [7, 11) is 1.62. The van der Waals surface area contributed by atoms with Crippen molar-refractivity contribution in [2.24, 2.45) is 5.92 Å². The summed E-state index contributed by atoms with van der Waals surface area (Å²) in [6.07, 6.45) is 7.01. The smallest absolute Gasteiger partial charge is 0.272 e. The van der Waals surface area contributed by atoms with E-state index in [0.29, 0.717) is 5.69 Å². The van der Waals surface area contributed by atoms with Gasteiger partial charge in [-0.3, -0.25) is 4.79 Å². The number of ether oxygens (including phenoxy) is 1. The van der Waals surface area contributed by atoms with Crippen LogP contribution < -0.4 is 10.1 Å². The van der Waals surface area contributed by atoms with Gasteiger partial charge in [0, 0.05) is 24.8 Å². The molecular formula is C19H25N3O3. The summed E-state index contributed by atoms with van der Waals surface area (Å²) in [5, 5.41) is 17.0. The molecule has 2 atom stereocenters. The van der Waals surface area contributed by atoms with Crippen LogP contribution in [0.4, 0.5) is 0 Å². The van der Waals surface area contributed by atoms with Crippen molar-refractivity contribution in [2.45, 2.75) is 38.1 Å². The maximum atomic E-state index is 12.5. The Morgan fingerprint density at radius 1 is 1.24 bits per heavy atom. The Bertz CT molecular complexity index is 696. The van der Waals surface area contributed by atoms with Crippen LogP contribution >= 0.6 is 0 Å². The van der Waals surface area contributed by atoms with Crippen LogP contribution in [-0.2, 0) is 0 Å². The fraction of sp³-hybridized carbons (Fsp3) is 0.474. The number of aliphatic hydroxyl groups excluding tert-OH is 1. The lowest BCUT2D eigenvalue weighted by molar-refractivity contribution is 0.0894. The van der Waals surface area contributed by atoms with Gasteiger partial charge in [0.15, 0.2) is 5.69 Å². The summed E-state index contributed by atoms with van der Waals surface area (Å²) < 4.78 is 6.82. The molecule has 0 aliphatic heterocycles. The van der Waals surface area contributed by atoms with Crippen LogP contribution in [-0.4, -0.2) is 40.6 Å². The highest BCUT2D eigenvalue weighted by Gasteiger charge is 2.25. The molecule has 1 heterocycles. The second-order valence-corrected chi connectivity index (χ2v) is 6.50. The minimum absolute atomic E-state index is 0.0196. The number of carbonyl (C=O) groups excluding carboxylic acids is 1. The van der Waals surface area contributed by atoms with E-state index in [-0.39, 0.29) is 24.5 Å². The highest BCUT2D eigenvalue weighted by Crippen LogP contribution is 2.23. The van der Waals surface area contributed by atoms with E-state index in [1.807, 2.05) is 24.3 Å². The van der Waals surface area contributed by atoms with Gasteiger partial charge in [0.1, 0.15) is 5.75 Å². The average Bonchev–Trinajstić information content (AvgIpc) is 3.04. The first-order chi connectivity index (χ1) is 12.2. The lowest BCUT2D eigenvalue weighted by atomic mass is 9.95. The van der Waals surface area contributed by atoms with Crippen LogP contribution in [0.3, 0.4) is 0 Å². The number of nitrogens with zero attached hydrogens (tertiary/aromatic N) is 2. The fourth-order valence-electron chi connectivity index (χ4n) is 3.36. The monoisotopic (exact) mass is 343 g/mol. The quantitative estimate of drug-likeness (QED) is 0.818. The van der Waals surface area contributed by atoms with Gasteiger partial charge in [0.25, 0.3) is 5.91 Å². The Hall–Kier alpha value is -2.34. The third kappa shape index (κ3) is 4.20. The summed E-state index contributed by atoms with van der Waals surface area (Å²) in [5.41, 5.74) is 1.25. The highest BCUT2D eigenvalue weighted by molar-refractivity contribution is 5.92. The van der Waals surface area contributed by atoms with E-state index >= 15 is 0 Å². The lowest BCUT2D eigenvalue weighted by Crippen LogP contribution is -2.41. The second kappa shape index (κ2) is 8.16. The lowest BCUT2D eigenvalue weighted by Gasteiger charge is -2.24. The van der Waals surface area contributed by atoms with Crippen molar-refractivity contribution in [2.75, 3.05) is 13.7 Å². The zero-order valence-corrected chi connectivity index (χ0v) is 14.5. The summed E-state index contributed by atoms with van der Waals surface area (Å²) in [6, 6.07) is 9.22.